The number of anilines is 1. The number of halogens is 1. The summed E-state index contributed by atoms with van der Waals surface area (Å²) in [5, 5.41) is 7.39. The molecule has 1 aliphatic heterocycles. The minimum absolute atomic E-state index is 0.109. The summed E-state index contributed by atoms with van der Waals surface area (Å²) < 4.78 is 2.18. The van der Waals surface area contributed by atoms with Crippen LogP contribution in [0.1, 0.15) is 0 Å². The van der Waals surface area contributed by atoms with E-state index in [0.717, 1.165) is 35.0 Å². The minimum Gasteiger partial charge on any atom is -0.354 e. The van der Waals surface area contributed by atoms with E-state index in [0.29, 0.717) is 4.96 Å². The Bertz CT molecular complexity index is 603. The van der Waals surface area contributed by atoms with Crippen molar-refractivity contribution < 1.29 is 0 Å². The van der Waals surface area contributed by atoms with E-state index in [2.05, 4.69) is 42.9 Å². The lowest BCUT2D eigenvalue weighted by Gasteiger charge is -2.27. The molecule has 2 aromatic rings. The summed E-state index contributed by atoms with van der Waals surface area (Å²) >= 11 is 3.53. The maximum atomic E-state index is 11.9. The van der Waals surface area contributed by atoms with Gasteiger partial charge in [0.05, 0.1) is 0 Å². The Labute approximate surface area is 115 Å². The molecule has 0 amide bonds. The van der Waals surface area contributed by atoms with Gasteiger partial charge in [0.15, 0.2) is 3.01 Å². The molecule has 0 aliphatic carbocycles. The fraction of sp³-hybridized carbons (Fsp3) is 0.444. The van der Waals surface area contributed by atoms with Gasteiger partial charge in [0, 0.05) is 32.2 Å². The van der Waals surface area contributed by atoms with Crippen molar-refractivity contribution in [3.63, 3.8) is 0 Å². The van der Waals surface area contributed by atoms with Crippen LogP contribution >= 0.6 is 33.9 Å². The molecular formula is C9H10IN5OS. The summed E-state index contributed by atoms with van der Waals surface area (Å²) in [4.78, 5) is 19.2. The molecule has 0 saturated carbocycles. The van der Waals surface area contributed by atoms with Gasteiger partial charge in [-0.1, -0.05) is 11.3 Å². The molecule has 1 fully saturated rings. The van der Waals surface area contributed by atoms with Gasteiger partial charge in [-0.3, -0.25) is 4.79 Å². The summed E-state index contributed by atoms with van der Waals surface area (Å²) in [6.45, 7) is 3.64. The van der Waals surface area contributed by atoms with Gasteiger partial charge in [-0.25, -0.2) is 4.98 Å². The van der Waals surface area contributed by atoms with Gasteiger partial charge >= 0.3 is 0 Å². The number of aromatic nitrogens is 3. The first-order chi connectivity index (χ1) is 8.24. The van der Waals surface area contributed by atoms with Gasteiger partial charge in [-0.2, -0.15) is 4.52 Å². The summed E-state index contributed by atoms with van der Waals surface area (Å²) in [6, 6.07) is 1.56. The highest BCUT2D eigenvalue weighted by Gasteiger charge is 2.14. The third kappa shape index (κ3) is 2.16. The first kappa shape index (κ1) is 11.4. The molecule has 6 nitrogen and oxygen atoms in total. The molecule has 8 heteroatoms. The van der Waals surface area contributed by atoms with E-state index in [1.165, 1.54) is 15.9 Å². The third-order valence-corrected chi connectivity index (χ3v) is 4.22. The van der Waals surface area contributed by atoms with E-state index in [1.807, 2.05) is 0 Å². The maximum absolute atomic E-state index is 11.9. The quantitative estimate of drug-likeness (QED) is 0.732. The summed E-state index contributed by atoms with van der Waals surface area (Å²) in [5.74, 6) is 0.761. The average Bonchev–Trinajstić information content (AvgIpc) is 2.71. The molecular weight excluding hydrogens is 353 g/mol. The van der Waals surface area contributed by atoms with Gasteiger partial charge in [-0.15, -0.1) is 5.10 Å². The molecule has 2 aromatic heterocycles. The van der Waals surface area contributed by atoms with Gasteiger partial charge in [0.2, 0.25) is 4.96 Å². The Hall–Kier alpha value is -0.740. The molecule has 1 N–H and O–H groups in total. The lowest BCUT2D eigenvalue weighted by Crippen LogP contribution is -2.44. The highest BCUT2D eigenvalue weighted by atomic mass is 127. The minimum atomic E-state index is -0.109. The lowest BCUT2D eigenvalue weighted by molar-refractivity contribution is 0.584. The van der Waals surface area contributed by atoms with E-state index in [9.17, 15) is 4.79 Å². The van der Waals surface area contributed by atoms with Crippen molar-refractivity contribution in [3.05, 3.63) is 19.4 Å². The van der Waals surface area contributed by atoms with Crippen LogP contribution in [-0.4, -0.2) is 40.8 Å². The predicted molar refractivity (Wildman–Crippen MR) is 74.9 cm³/mol. The molecule has 0 unspecified atom stereocenters. The molecule has 1 aliphatic rings. The van der Waals surface area contributed by atoms with Gasteiger partial charge in [-0.05, 0) is 22.6 Å². The van der Waals surface area contributed by atoms with Crippen LogP contribution in [0, 0.1) is 3.01 Å². The number of hydrogen-bond donors (Lipinski definition) is 1. The van der Waals surface area contributed by atoms with Crippen molar-refractivity contribution in [2.45, 2.75) is 0 Å². The molecule has 3 rings (SSSR count). The molecule has 3 heterocycles. The third-order valence-electron chi connectivity index (χ3n) is 2.65. The molecule has 90 valence electrons. The lowest BCUT2D eigenvalue weighted by atomic mass is 10.3. The number of nitrogens with one attached hydrogen (secondary N) is 1. The highest BCUT2D eigenvalue weighted by molar-refractivity contribution is 14.1. The second kappa shape index (κ2) is 4.50. The molecule has 1 saturated heterocycles. The van der Waals surface area contributed by atoms with E-state index in [-0.39, 0.29) is 5.56 Å². The fourth-order valence-electron chi connectivity index (χ4n) is 1.83. The van der Waals surface area contributed by atoms with Crippen molar-refractivity contribution in [2.75, 3.05) is 31.1 Å². The number of hydrogen-bond acceptors (Lipinski definition) is 6. The predicted octanol–water partition coefficient (Wildman–Crippen LogP) is 0.165. The zero-order valence-corrected chi connectivity index (χ0v) is 11.9. The Morgan fingerprint density at radius 2 is 2.18 bits per heavy atom. The first-order valence-corrected chi connectivity index (χ1v) is 7.16. The van der Waals surface area contributed by atoms with Gasteiger partial charge in [0.1, 0.15) is 5.82 Å². The van der Waals surface area contributed by atoms with Crippen LogP contribution in [0.4, 0.5) is 5.82 Å². The van der Waals surface area contributed by atoms with Crippen molar-refractivity contribution in [2.24, 2.45) is 0 Å². The maximum Gasteiger partial charge on any atom is 0.277 e. The monoisotopic (exact) mass is 363 g/mol. The molecule has 0 spiro atoms. The zero-order valence-electron chi connectivity index (χ0n) is 8.89. The van der Waals surface area contributed by atoms with Crippen LogP contribution < -0.4 is 15.8 Å². The van der Waals surface area contributed by atoms with Crippen molar-refractivity contribution in [1.29, 1.82) is 0 Å². The average molecular weight is 363 g/mol. The van der Waals surface area contributed by atoms with E-state index < -0.39 is 0 Å². The topological polar surface area (TPSA) is 62.5 Å². The second-order valence-corrected chi connectivity index (χ2v) is 6.45. The van der Waals surface area contributed by atoms with E-state index in [1.54, 1.807) is 6.07 Å². The summed E-state index contributed by atoms with van der Waals surface area (Å²) in [6.07, 6.45) is 0. The number of fused-ring (bicyclic) bond motifs is 1. The standard InChI is InChI=1S/C9H10IN5OS/c10-8-13-15-7(16)5-6(12-9(15)17-8)14-3-1-11-2-4-14/h5,11H,1-4H2. The molecule has 0 radical (unpaired) electrons. The van der Waals surface area contributed by atoms with Crippen LogP contribution in [0.25, 0.3) is 4.96 Å². The largest absolute Gasteiger partial charge is 0.354 e. The van der Waals surface area contributed by atoms with Crippen LogP contribution in [0.3, 0.4) is 0 Å². The Balaban J connectivity index is 2.08. The SMILES string of the molecule is O=c1cc(N2CCNCC2)nc2sc(I)nn12. The zero-order chi connectivity index (χ0) is 11.8. The summed E-state index contributed by atoms with van der Waals surface area (Å²) in [7, 11) is 0. The van der Waals surface area contributed by atoms with Crippen molar-refractivity contribution in [3.8, 4) is 0 Å². The molecule has 0 bridgehead atoms. The number of piperazine rings is 1. The molecule has 0 aromatic carbocycles. The number of nitrogens with zero attached hydrogens (tertiary/aromatic N) is 4. The second-order valence-electron chi connectivity index (χ2n) is 3.74. The van der Waals surface area contributed by atoms with Gasteiger partial charge in [0.25, 0.3) is 5.56 Å². The Morgan fingerprint density at radius 1 is 1.41 bits per heavy atom. The number of rotatable bonds is 1. The molecule has 0 atom stereocenters. The van der Waals surface area contributed by atoms with E-state index in [4.69, 9.17) is 0 Å². The van der Waals surface area contributed by atoms with Crippen molar-refractivity contribution in [1.82, 2.24) is 19.9 Å². The fourth-order valence-corrected chi connectivity index (χ4v) is 3.27. The Morgan fingerprint density at radius 3 is 2.94 bits per heavy atom. The summed E-state index contributed by atoms with van der Waals surface area (Å²) in [5.41, 5.74) is -0.109. The Kier molecular flexibility index (Phi) is 3.01. The van der Waals surface area contributed by atoms with Crippen LogP contribution in [0.5, 0.6) is 0 Å². The first-order valence-electron chi connectivity index (χ1n) is 5.26. The molecule has 17 heavy (non-hydrogen) atoms. The van der Waals surface area contributed by atoms with Crippen LogP contribution in [0.15, 0.2) is 10.9 Å². The van der Waals surface area contributed by atoms with Gasteiger partial charge < -0.3 is 10.2 Å². The van der Waals surface area contributed by atoms with Crippen LogP contribution in [0.2, 0.25) is 0 Å². The smallest absolute Gasteiger partial charge is 0.277 e. The van der Waals surface area contributed by atoms with E-state index >= 15 is 0 Å². The highest BCUT2D eigenvalue weighted by Crippen LogP contribution is 2.16. The van der Waals surface area contributed by atoms with Crippen LogP contribution in [-0.2, 0) is 0 Å². The van der Waals surface area contributed by atoms with Crippen molar-refractivity contribution >= 4 is 44.7 Å². The normalized spacial score (nSPS) is 16.6.